The first-order valence-electron chi connectivity index (χ1n) is 7.11. The molecular formula is C14H18N4O2S. The molecule has 1 aliphatic rings. The largest absolute Gasteiger partial charge is 0.334 e. The summed E-state index contributed by atoms with van der Waals surface area (Å²) >= 11 is 1.37. The van der Waals surface area contributed by atoms with Crippen LogP contribution in [-0.2, 0) is 0 Å². The number of carbonyl (C=O) groups excluding carboxylic acids is 1. The molecule has 1 saturated heterocycles. The fourth-order valence-electron chi connectivity index (χ4n) is 2.88. The van der Waals surface area contributed by atoms with Gasteiger partial charge in [-0.3, -0.25) is 14.0 Å². The predicted molar refractivity (Wildman–Crippen MR) is 81.7 cm³/mol. The molecule has 21 heavy (non-hydrogen) atoms. The van der Waals surface area contributed by atoms with Crippen LogP contribution in [0.3, 0.4) is 0 Å². The van der Waals surface area contributed by atoms with Crippen molar-refractivity contribution in [3.63, 3.8) is 0 Å². The Hall–Kier alpha value is -1.73. The SMILES string of the molecule is C[C@H](N)[C@H]1CCCCN1C(=O)c1cnc2sccn2c1=O. The maximum atomic E-state index is 12.7. The summed E-state index contributed by atoms with van der Waals surface area (Å²) in [5.41, 5.74) is 5.81. The van der Waals surface area contributed by atoms with Crippen LogP contribution in [0, 0.1) is 0 Å². The molecule has 3 rings (SSSR count). The Balaban J connectivity index is 1.99. The molecule has 7 heteroatoms. The Morgan fingerprint density at radius 1 is 1.52 bits per heavy atom. The van der Waals surface area contributed by atoms with Crippen LogP contribution < -0.4 is 11.3 Å². The third-order valence-electron chi connectivity index (χ3n) is 3.99. The van der Waals surface area contributed by atoms with Gasteiger partial charge in [-0.2, -0.15) is 0 Å². The lowest BCUT2D eigenvalue weighted by Gasteiger charge is -2.37. The summed E-state index contributed by atoms with van der Waals surface area (Å²) in [4.78, 5) is 31.7. The minimum Gasteiger partial charge on any atom is -0.334 e. The summed E-state index contributed by atoms with van der Waals surface area (Å²) in [6.07, 6.45) is 5.94. The lowest BCUT2D eigenvalue weighted by atomic mass is 9.96. The zero-order valence-electron chi connectivity index (χ0n) is 11.9. The molecule has 1 aliphatic heterocycles. The van der Waals surface area contributed by atoms with Crippen LogP contribution in [0.5, 0.6) is 0 Å². The van der Waals surface area contributed by atoms with Crippen molar-refractivity contribution in [2.24, 2.45) is 5.73 Å². The Morgan fingerprint density at radius 2 is 2.33 bits per heavy atom. The van der Waals surface area contributed by atoms with Crippen LogP contribution >= 0.6 is 11.3 Å². The standard InChI is InChI=1S/C14H18N4O2S/c1-9(15)11-4-2-3-5-17(11)12(19)10-8-16-14-18(13(10)20)6-7-21-14/h6-9,11H,2-5,15H2,1H3/t9-,11+/m0/s1. The third-order valence-corrected chi connectivity index (χ3v) is 4.76. The van der Waals surface area contributed by atoms with E-state index in [2.05, 4.69) is 4.98 Å². The van der Waals surface area contributed by atoms with Crippen molar-refractivity contribution in [3.05, 3.63) is 33.7 Å². The molecule has 0 radical (unpaired) electrons. The monoisotopic (exact) mass is 306 g/mol. The van der Waals surface area contributed by atoms with Gasteiger partial charge in [0.15, 0.2) is 4.96 Å². The zero-order chi connectivity index (χ0) is 15.0. The van der Waals surface area contributed by atoms with Crippen molar-refractivity contribution in [2.45, 2.75) is 38.3 Å². The second kappa shape index (κ2) is 5.57. The minimum atomic E-state index is -0.305. The van der Waals surface area contributed by atoms with E-state index in [1.165, 1.54) is 21.9 Å². The molecule has 112 valence electrons. The molecule has 2 aromatic heterocycles. The number of nitrogens with zero attached hydrogens (tertiary/aromatic N) is 3. The second-order valence-corrected chi connectivity index (χ2v) is 6.33. The van der Waals surface area contributed by atoms with E-state index in [4.69, 9.17) is 5.73 Å². The van der Waals surface area contributed by atoms with Gasteiger partial charge in [-0.1, -0.05) is 0 Å². The molecule has 1 fully saturated rings. The van der Waals surface area contributed by atoms with Crippen LogP contribution in [0.1, 0.15) is 36.5 Å². The normalized spacial score (nSPS) is 20.7. The number of likely N-dealkylation sites (tertiary alicyclic amines) is 1. The van der Waals surface area contributed by atoms with Gasteiger partial charge >= 0.3 is 0 Å². The van der Waals surface area contributed by atoms with Gasteiger partial charge in [0.1, 0.15) is 5.56 Å². The van der Waals surface area contributed by atoms with E-state index in [-0.39, 0.29) is 29.1 Å². The molecule has 0 aromatic carbocycles. The molecule has 0 saturated carbocycles. The number of hydrogen-bond acceptors (Lipinski definition) is 5. The molecule has 2 atom stereocenters. The molecule has 3 heterocycles. The molecular weight excluding hydrogens is 288 g/mol. The molecule has 0 bridgehead atoms. The summed E-state index contributed by atoms with van der Waals surface area (Å²) in [7, 11) is 0. The van der Waals surface area contributed by atoms with Gasteiger partial charge in [0.25, 0.3) is 11.5 Å². The summed E-state index contributed by atoms with van der Waals surface area (Å²) in [5, 5.41) is 1.78. The lowest BCUT2D eigenvalue weighted by molar-refractivity contribution is 0.0581. The number of carbonyl (C=O) groups is 1. The van der Waals surface area contributed by atoms with Crippen LogP contribution in [0.15, 0.2) is 22.6 Å². The number of hydrogen-bond donors (Lipinski definition) is 1. The van der Waals surface area contributed by atoms with Gasteiger partial charge in [-0.25, -0.2) is 4.98 Å². The summed E-state index contributed by atoms with van der Waals surface area (Å²) < 4.78 is 1.42. The predicted octanol–water partition coefficient (Wildman–Crippen LogP) is 1.10. The molecule has 1 amide bonds. The van der Waals surface area contributed by atoms with Gasteiger partial charge in [-0.05, 0) is 26.2 Å². The molecule has 0 spiro atoms. The maximum Gasteiger partial charge on any atom is 0.271 e. The Morgan fingerprint density at radius 3 is 3.10 bits per heavy atom. The highest BCUT2D eigenvalue weighted by Crippen LogP contribution is 2.20. The number of rotatable bonds is 2. The number of thiazole rings is 1. The van der Waals surface area contributed by atoms with Crippen LogP contribution in [0.4, 0.5) is 0 Å². The number of nitrogens with two attached hydrogens (primary N) is 1. The summed E-state index contributed by atoms with van der Waals surface area (Å²) in [5.74, 6) is -0.255. The van der Waals surface area contributed by atoms with E-state index in [9.17, 15) is 9.59 Å². The molecule has 6 nitrogen and oxygen atoms in total. The Labute approximate surface area is 126 Å². The van der Waals surface area contributed by atoms with Crippen molar-refractivity contribution in [2.75, 3.05) is 6.54 Å². The van der Waals surface area contributed by atoms with Gasteiger partial charge in [0.05, 0.1) is 0 Å². The van der Waals surface area contributed by atoms with E-state index in [1.54, 1.807) is 16.5 Å². The highest BCUT2D eigenvalue weighted by atomic mass is 32.1. The molecule has 2 N–H and O–H groups in total. The summed E-state index contributed by atoms with van der Waals surface area (Å²) in [6.45, 7) is 2.56. The molecule has 0 aliphatic carbocycles. The maximum absolute atomic E-state index is 12.7. The van der Waals surface area contributed by atoms with E-state index in [0.29, 0.717) is 11.5 Å². The highest BCUT2D eigenvalue weighted by Gasteiger charge is 2.31. The number of piperidine rings is 1. The van der Waals surface area contributed by atoms with Gasteiger partial charge in [0, 0.05) is 36.4 Å². The average Bonchev–Trinajstić information content (AvgIpc) is 2.96. The average molecular weight is 306 g/mol. The van der Waals surface area contributed by atoms with Crippen LogP contribution in [0.2, 0.25) is 0 Å². The van der Waals surface area contributed by atoms with Crippen molar-refractivity contribution in [1.82, 2.24) is 14.3 Å². The third kappa shape index (κ3) is 2.47. The summed E-state index contributed by atoms with van der Waals surface area (Å²) in [6, 6.07) is -0.108. The molecule has 2 aromatic rings. The second-order valence-electron chi connectivity index (χ2n) is 5.45. The van der Waals surface area contributed by atoms with Crippen LogP contribution in [-0.4, -0.2) is 38.8 Å². The Kier molecular flexibility index (Phi) is 3.77. The first kappa shape index (κ1) is 14.2. The highest BCUT2D eigenvalue weighted by molar-refractivity contribution is 7.15. The van der Waals surface area contributed by atoms with Crippen LogP contribution in [0.25, 0.3) is 4.96 Å². The van der Waals surface area contributed by atoms with E-state index in [1.807, 2.05) is 6.92 Å². The minimum absolute atomic E-state index is 0.00572. The Bertz CT molecular complexity index is 721. The van der Waals surface area contributed by atoms with E-state index in [0.717, 1.165) is 19.3 Å². The van der Waals surface area contributed by atoms with Gasteiger partial charge < -0.3 is 10.6 Å². The van der Waals surface area contributed by atoms with Crippen molar-refractivity contribution >= 4 is 22.2 Å². The van der Waals surface area contributed by atoms with Gasteiger partial charge in [0.2, 0.25) is 0 Å². The lowest BCUT2D eigenvalue weighted by Crippen LogP contribution is -2.52. The van der Waals surface area contributed by atoms with Gasteiger partial charge in [-0.15, -0.1) is 11.3 Å². The zero-order valence-corrected chi connectivity index (χ0v) is 12.7. The quantitative estimate of drug-likeness (QED) is 0.901. The van der Waals surface area contributed by atoms with Crippen molar-refractivity contribution in [1.29, 1.82) is 0 Å². The fraction of sp³-hybridized carbons (Fsp3) is 0.500. The first-order valence-corrected chi connectivity index (χ1v) is 7.99. The van der Waals surface area contributed by atoms with E-state index >= 15 is 0 Å². The topological polar surface area (TPSA) is 80.7 Å². The molecule has 0 unspecified atom stereocenters. The smallest absolute Gasteiger partial charge is 0.271 e. The number of fused-ring (bicyclic) bond motifs is 1. The number of amides is 1. The fourth-order valence-corrected chi connectivity index (χ4v) is 3.56. The van der Waals surface area contributed by atoms with Crippen molar-refractivity contribution in [3.8, 4) is 0 Å². The van der Waals surface area contributed by atoms with E-state index < -0.39 is 0 Å². The number of aromatic nitrogens is 2. The van der Waals surface area contributed by atoms with Crippen molar-refractivity contribution < 1.29 is 4.79 Å². The first-order chi connectivity index (χ1) is 10.1.